The van der Waals surface area contributed by atoms with Crippen LogP contribution in [0.5, 0.6) is 11.5 Å². The van der Waals surface area contributed by atoms with Crippen LogP contribution in [0.4, 0.5) is 0 Å². The summed E-state index contributed by atoms with van der Waals surface area (Å²) >= 11 is 1.61. The summed E-state index contributed by atoms with van der Waals surface area (Å²) in [4.78, 5) is 31.0. The van der Waals surface area contributed by atoms with Gasteiger partial charge in [-0.3, -0.25) is 9.59 Å². The van der Waals surface area contributed by atoms with Crippen LogP contribution in [0.2, 0.25) is 0 Å². The minimum absolute atomic E-state index is 0.00686. The zero-order valence-corrected chi connectivity index (χ0v) is 20.7. The summed E-state index contributed by atoms with van der Waals surface area (Å²) in [5.41, 5.74) is 2.04. The third-order valence-corrected chi connectivity index (χ3v) is 6.67. The first-order valence-corrected chi connectivity index (χ1v) is 12.5. The van der Waals surface area contributed by atoms with E-state index in [9.17, 15) is 9.59 Å². The number of hydrogen-bond donors (Lipinski definition) is 0. The first kappa shape index (κ1) is 24.8. The highest BCUT2D eigenvalue weighted by atomic mass is 32.1. The summed E-state index contributed by atoms with van der Waals surface area (Å²) < 4.78 is 16.1. The molecule has 0 saturated carbocycles. The second-order valence-corrected chi connectivity index (χ2v) is 9.34. The average molecular weight is 495 g/mol. The van der Waals surface area contributed by atoms with Crippen LogP contribution in [0.15, 0.2) is 66.0 Å². The molecule has 0 fully saturated rings. The van der Waals surface area contributed by atoms with Gasteiger partial charge in [-0.05, 0) is 41.1 Å². The summed E-state index contributed by atoms with van der Waals surface area (Å²) in [7, 11) is 1.59. The Kier molecular flexibility index (Phi) is 8.75. The molecule has 1 aliphatic heterocycles. The number of fused-ring (bicyclic) bond motifs is 1. The van der Waals surface area contributed by atoms with Crippen molar-refractivity contribution in [2.24, 2.45) is 0 Å². The summed E-state index contributed by atoms with van der Waals surface area (Å²) in [6, 6.07) is 19.6. The number of thiophene rings is 1. The summed E-state index contributed by atoms with van der Waals surface area (Å²) in [5, 5.41) is 2.00. The lowest BCUT2D eigenvalue weighted by atomic mass is 10.1. The van der Waals surface area contributed by atoms with Crippen molar-refractivity contribution in [3.05, 3.63) is 82.0 Å². The van der Waals surface area contributed by atoms with E-state index in [-0.39, 0.29) is 25.2 Å². The van der Waals surface area contributed by atoms with Gasteiger partial charge in [0, 0.05) is 31.5 Å². The highest BCUT2D eigenvalue weighted by molar-refractivity contribution is 7.09. The van der Waals surface area contributed by atoms with E-state index in [0.29, 0.717) is 50.6 Å². The smallest absolute Gasteiger partial charge is 0.242 e. The number of nitrogens with zero attached hydrogens (tertiary/aromatic N) is 2. The minimum atomic E-state index is -0.111. The van der Waals surface area contributed by atoms with E-state index in [0.717, 1.165) is 16.0 Å². The van der Waals surface area contributed by atoms with Crippen LogP contribution < -0.4 is 9.47 Å². The van der Waals surface area contributed by atoms with Crippen molar-refractivity contribution in [3.8, 4) is 11.5 Å². The molecule has 0 aliphatic carbocycles. The molecule has 3 aromatic rings. The Bertz CT molecular complexity index is 1100. The first-order chi connectivity index (χ1) is 17.1. The van der Waals surface area contributed by atoms with E-state index in [4.69, 9.17) is 14.2 Å². The largest absolute Gasteiger partial charge is 0.454 e. The molecular formula is C27H30N2O5S. The van der Waals surface area contributed by atoms with Crippen molar-refractivity contribution < 1.29 is 23.8 Å². The number of hydrogen-bond acceptors (Lipinski definition) is 6. The molecule has 35 heavy (non-hydrogen) atoms. The number of benzene rings is 2. The molecule has 1 aromatic heterocycles. The maximum Gasteiger partial charge on any atom is 0.242 e. The predicted octanol–water partition coefficient (Wildman–Crippen LogP) is 4.11. The van der Waals surface area contributed by atoms with Gasteiger partial charge in [-0.25, -0.2) is 0 Å². The van der Waals surface area contributed by atoms with Crippen molar-refractivity contribution in [3.63, 3.8) is 0 Å². The Morgan fingerprint density at radius 3 is 2.51 bits per heavy atom. The number of rotatable bonds is 12. The third kappa shape index (κ3) is 7.07. The van der Waals surface area contributed by atoms with Crippen LogP contribution in [0.25, 0.3) is 0 Å². The molecular weight excluding hydrogens is 464 g/mol. The zero-order chi connectivity index (χ0) is 24.5. The molecule has 2 heterocycles. The Balaban J connectivity index is 1.45. The SMILES string of the molecule is COCCN(CC(=O)N(Cc1ccc2c(c1)OCO2)Cc1cccs1)C(=O)CCc1ccccc1. The molecule has 2 amide bonds. The van der Waals surface area contributed by atoms with Gasteiger partial charge in [0.2, 0.25) is 18.6 Å². The molecule has 0 radical (unpaired) electrons. The molecule has 4 rings (SSSR count). The topological polar surface area (TPSA) is 68.3 Å². The Hall–Kier alpha value is -3.36. The van der Waals surface area contributed by atoms with Crippen molar-refractivity contribution in [2.45, 2.75) is 25.9 Å². The van der Waals surface area contributed by atoms with Crippen LogP contribution >= 0.6 is 11.3 Å². The number of methoxy groups -OCH3 is 1. The second-order valence-electron chi connectivity index (χ2n) is 8.31. The highest BCUT2D eigenvalue weighted by Gasteiger charge is 2.23. The van der Waals surface area contributed by atoms with Crippen molar-refractivity contribution in [1.82, 2.24) is 9.80 Å². The Morgan fingerprint density at radius 1 is 0.914 bits per heavy atom. The molecule has 0 bridgehead atoms. The van der Waals surface area contributed by atoms with Gasteiger partial charge in [0.15, 0.2) is 11.5 Å². The molecule has 7 nitrogen and oxygen atoms in total. The summed E-state index contributed by atoms with van der Waals surface area (Å²) in [5.74, 6) is 1.22. The van der Waals surface area contributed by atoms with E-state index >= 15 is 0 Å². The Labute approximate surface area is 209 Å². The van der Waals surface area contributed by atoms with E-state index in [1.54, 1.807) is 28.2 Å². The number of aryl methyl sites for hydroxylation is 1. The number of carbonyl (C=O) groups excluding carboxylic acids is 2. The van der Waals surface area contributed by atoms with Gasteiger partial charge < -0.3 is 24.0 Å². The standard InChI is InChI=1S/C27H30N2O5S/c1-32-14-13-28(26(30)12-10-21-6-3-2-4-7-21)19-27(31)29(18-23-8-5-15-35-23)17-22-9-11-24-25(16-22)34-20-33-24/h2-9,11,15-16H,10,12-14,17-20H2,1H3. The van der Waals surface area contributed by atoms with Crippen LogP contribution in [0.3, 0.4) is 0 Å². The van der Waals surface area contributed by atoms with Crippen molar-refractivity contribution >= 4 is 23.2 Å². The van der Waals surface area contributed by atoms with E-state index < -0.39 is 0 Å². The lowest BCUT2D eigenvalue weighted by Crippen LogP contribution is -2.43. The van der Waals surface area contributed by atoms with Gasteiger partial charge in [-0.2, -0.15) is 0 Å². The second kappa shape index (κ2) is 12.4. The van der Waals surface area contributed by atoms with Gasteiger partial charge in [0.25, 0.3) is 0 Å². The van der Waals surface area contributed by atoms with Gasteiger partial charge in [0.1, 0.15) is 0 Å². The van der Waals surface area contributed by atoms with Gasteiger partial charge in [0.05, 0.1) is 19.7 Å². The van der Waals surface area contributed by atoms with Gasteiger partial charge in [-0.15, -0.1) is 11.3 Å². The summed E-state index contributed by atoms with van der Waals surface area (Å²) in [6.45, 7) is 1.83. The minimum Gasteiger partial charge on any atom is -0.454 e. The average Bonchev–Trinajstić information content (AvgIpc) is 3.57. The van der Waals surface area contributed by atoms with E-state index in [2.05, 4.69) is 0 Å². The highest BCUT2D eigenvalue weighted by Crippen LogP contribution is 2.33. The van der Waals surface area contributed by atoms with E-state index in [1.165, 1.54) is 0 Å². The van der Waals surface area contributed by atoms with Crippen LogP contribution in [-0.4, -0.2) is 55.2 Å². The lowest BCUT2D eigenvalue weighted by molar-refractivity contribution is -0.141. The lowest BCUT2D eigenvalue weighted by Gasteiger charge is -2.28. The fourth-order valence-corrected chi connectivity index (χ4v) is 4.61. The molecule has 0 N–H and O–H groups in total. The summed E-state index contributed by atoms with van der Waals surface area (Å²) in [6.07, 6.45) is 0.974. The van der Waals surface area contributed by atoms with Crippen molar-refractivity contribution in [1.29, 1.82) is 0 Å². The molecule has 0 atom stereocenters. The molecule has 1 aliphatic rings. The predicted molar refractivity (Wildman–Crippen MR) is 134 cm³/mol. The molecule has 0 saturated heterocycles. The van der Waals surface area contributed by atoms with E-state index in [1.807, 2.05) is 66.0 Å². The fourth-order valence-electron chi connectivity index (χ4n) is 3.89. The molecule has 2 aromatic carbocycles. The van der Waals surface area contributed by atoms with Crippen LogP contribution in [-0.2, 0) is 33.8 Å². The number of amides is 2. The third-order valence-electron chi connectivity index (χ3n) is 5.80. The monoisotopic (exact) mass is 494 g/mol. The quantitative estimate of drug-likeness (QED) is 0.379. The maximum atomic E-state index is 13.5. The molecule has 8 heteroatoms. The zero-order valence-electron chi connectivity index (χ0n) is 19.9. The molecule has 184 valence electrons. The maximum absolute atomic E-state index is 13.5. The van der Waals surface area contributed by atoms with Gasteiger partial charge >= 0.3 is 0 Å². The molecule has 0 spiro atoms. The van der Waals surface area contributed by atoms with Gasteiger partial charge in [-0.1, -0.05) is 42.5 Å². The number of ether oxygens (including phenoxy) is 3. The normalized spacial score (nSPS) is 11.9. The number of carbonyl (C=O) groups is 2. The van der Waals surface area contributed by atoms with Crippen LogP contribution in [0.1, 0.15) is 22.4 Å². The fraction of sp³-hybridized carbons (Fsp3) is 0.333. The van der Waals surface area contributed by atoms with Crippen molar-refractivity contribution in [2.75, 3.05) is 33.6 Å². The Morgan fingerprint density at radius 2 is 1.74 bits per heavy atom. The molecule has 0 unspecified atom stereocenters. The van der Waals surface area contributed by atoms with Crippen LogP contribution in [0, 0.1) is 0 Å². The first-order valence-electron chi connectivity index (χ1n) is 11.6.